The van der Waals surface area contributed by atoms with Crippen molar-refractivity contribution < 1.29 is 15.7 Å². The summed E-state index contributed by atoms with van der Waals surface area (Å²) in [7, 11) is 0. The maximum atomic E-state index is 10.0. The lowest BCUT2D eigenvalue weighted by molar-refractivity contribution is 0.466. The third-order valence-electron chi connectivity index (χ3n) is 3.02. The third-order valence-corrected chi connectivity index (χ3v) is 5.32. The van der Waals surface area contributed by atoms with Gasteiger partial charge in [0.2, 0.25) is 0 Å². The summed E-state index contributed by atoms with van der Waals surface area (Å²) in [5, 5.41) is 20.0. The number of rotatable bonds is 2. The standard InChI is InChI=1S/C15H12Br4O2/c1-15(2,7-3-9(16)13(20)10(17)4-7)8-5-11(18)14(21)12(19)6-8/h3-6,20-21H,1-2H3/i3D,4D,5D,6D. The summed E-state index contributed by atoms with van der Waals surface area (Å²) in [4.78, 5) is 0. The van der Waals surface area contributed by atoms with Gasteiger partial charge in [0, 0.05) is 5.41 Å². The maximum Gasteiger partial charge on any atom is 0.143 e. The molecule has 2 nitrogen and oxygen atoms in total. The molecule has 0 aliphatic rings. The Kier molecular flexibility index (Phi) is 3.67. The van der Waals surface area contributed by atoms with Gasteiger partial charge in [-0.1, -0.05) is 13.8 Å². The molecule has 2 rings (SSSR count). The van der Waals surface area contributed by atoms with Crippen molar-refractivity contribution in [2.45, 2.75) is 19.3 Å². The summed E-state index contributed by atoms with van der Waals surface area (Å²) >= 11 is 12.6. The fraction of sp³-hybridized carbons (Fsp3) is 0.200. The lowest BCUT2D eigenvalue weighted by atomic mass is 9.78. The Morgan fingerprint density at radius 2 is 1.00 bits per heavy atom. The fourth-order valence-corrected chi connectivity index (χ4v) is 3.80. The summed E-state index contributed by atoms with van der Waals surface area (Å²) in [5.41, 5.74) is -0.633. The molecule has 0 aliphatic carbocycles. The van der Waals surface area contributed by atoms with Crippen LogP contribution in [-0.2, 0) is 5.41 Å². The van der Waals surface area contributed by atoms with E-state index in [2.05, 4.69) is 63.7 Å². The molecule has 0 unspecified atom stereocenters. The highest BCUT2D eigenvalue weighted by atomic mass is 79.9. The quantitative estimate of drug-likeness (QED) is 0.452. The number of phenolic OH excluding ortho intramolecular Hbond substituents is 2. The molecule has 112 valence electrons. The van der Waals surface area contributed by atoms with Gasteiger partial charge in [-0.05, 0) is 99.0 Å². The molecule has 21 heavy (non-hydrogen) atoms. The van der Waals surface area contributed by atoms with Crippen molar-refractivity contribution in [1.82, 2.24) is 0 Å². The van der Waals surface area contributed by atoms with E-state index in [-0.39, 0.29) is 64.7 Å². The van der Waals surface area contributed by atoms with E-state index in [4.69, 9.17) is 5.48 Å². The zero-order valence-corrected chi connectivity index (χ0v) is 17.3. The zero-order valence-electron chi connectivity index (χ0n) is 14.9. The van der Waals surface area contributed by atoms with Crippen molar-refractivity contribution in [1.29, 1.82) is 0 Å². The van der Waals surface area contributed by atoms with E-state index < -0.39 is 5.41 Å². The highest BCUT2D eigenvalue weighted by molar-refractivity contribution is 9.11. The molecule has 0 fully saturated rings. The van der Waals surface area contributed by atoms with Crippen molar-refractivity contribution in [3.05, 3.63) is 53.2 Å². The van der Waals surface area contributed by atoms with Crippen molar-refractivity contribution in [2.75, 3.05) is 0 Å². The predicted octanol–water partition coefficient (Wildman–Crippen LogP) is 6.47. The minimum absolute atomic E-state index is 0.102. The first-order chi connectivity index (χ1) is 11.4. The van der Waals surface area contributed by atoms with Gasteiger partial charge in [-0.2, -0.15) is 0 Å². The molecule has 6 heteroatoms. The van der Waals surface area contributed by atoms with E-state index in [1.165, 1.54) is 0 Å². The van der Waals surface area contributed by atoms with Crippen LogP contribution in [-0.4, -0.2) is 10.2 Å². The van der Waals surface area contributed by atoms with Gasteiger partial charge in [-0.15, -0.1) is 0 Å². The van der Waals surface area contributed by atoms with Crippen LogP contribution in [0.1, 0.15) is 30.5 Å². The van der Waals surface area contributed by atoms with Gasteiger partial charge in [0.15, 0.2) is 0 Å². The summed E-state index contributed by atoms with van der Waals surface area (Å²) in [5.74, 6) is -0.500. The molecular formula is C15H12Br4O2. The second kappa shape index (κ2) is 6.22. The van der Waals surface area contributed by atoms with Crippen molar-refractivity contribution in [3.63, 3.8) is 0 Å². The largest absolute Gasteiger partial charge is 0.506 e. The summed E-state index contributed by atoms with van der Waals surface area (Å²) < 4.78 is 33.8. The van der Waals surface area contributed by atoms with Crippen LogP contribution in [0.2, 0.25) is 0 Å². The molecule has 2 aromatic rings. The van der Waals surface area contributed by atoms with Crippen LogP contribution in [0.5, 0.6) is 11.5 Å². The average Bonchev–Trinajstić information content (AvgIpc) is 2.54. The number of aromatic hydroxyl groups is 2. The van der Waals surface area contributed by atoms with Crippen LogP contribution in [0, 0.1) is 0 Å². The highest BCUT2D eigenvalue weighted by Gasteiger charge is 2.26. The van der Waals surface area contributed by atoms with E-state index in [1.54, 1.807) is 13.8 Å². The number of hydrogen-bond donors (Lipinski definition) is 2. The maximum absolute atomic E-state index is 10.0. The van der Waals surface area contributed by atoms with Crippen molar-refractivity contribution in [2.24, 2.45) is 0 Å². The molecule has 0 radical (unpaired) electrons. The first kappa shape index (κ1) is 12.4. The van der Waals surface area contributed by atoms with E-state index in [0.717, 1.165) is 0 Å². The molecule has 0 spiro atoms. The van der Waals surface area contributed by atoms with Gasteiger partial charge in [-0.3, -0.25) is 0 Å². The average molecular weight is 548 g/mol. The van der Waals surface area contributed by atoms with E-state index >= 15 is 0 Å². The topological polar surface area (TPSA) is 40.5 Å². The molecule has 0 bridgehead atoms. The molecule has 0 saturated heterocycles. The Bertz CT molecular complexity index is 771. The Morgan fingerprint density at radius 3 is 1.24 bits per heavy atom. The van der Waals surface area contributed by atoms with E-state index in [9.17, 15) is 10.2 Å². The number of phenols is 2. The number of hydrogen-bond acceptors (Lipinski definition) is 2. The van der Waals surface area contributed by atoms with E-state index in [0.29, 0.717) is 0 Å². The van der Waals surface area contributed by atoms with Crippen LogP contribution < -0.4 is 0 Å². The zero-order chi connectivity index (χ0) is 19.4. The van der Waals surface area contributed by atoms with Gasteiger partial charge >= 0.3 is 0 Å². The monoisotopic (exact) mass is 544 g/mol. The van der Waals surface area contributed by atoms with Gasteiger partial charge in [0.1, 0.15) is 11.5 Å². The lowest BCUT2D eigenvalue weighted by Gasteiger charge is -2.27. The number of halogens is 4. The summed E-state index contributed by atoms with van der Waals surface area (Å²) in [6, 6.07) is -0.408. The van der Waals surface area contributed by atoms with Crippen LogP contribution in [0.15, 0.2) is 42.1 Å². The smallest absolute Gasteiger partial charge is 0.143 e. The second-order valence-electron chi connectivity index (χ2n) is 4.83. The van der Waals surface area contributed by atoms with Gasteiger partial charge in [0.25, 0.3) is 0 Å². The normalized spacial score (nSPS) is 14.4. The fourth-order valence-electron chi connectivity index (χ4n) is 1.68. The Balaban J connectivity index is 2.96. The molecule has 0 saturated carbocycles. The molecule has 2 aromatic carbocycles. The molecule has 2 N–H and O–H groups in total. The molecule has 0 aliphatic heterocycles. The van der Waals surface area contributed by atoms with Crippen LogP contribution in [0.25, 0.3) is 0 Å². The Labute approximate surface area is 162 Å². The highest BCUT2D eigenvalue weighted by Crippen LogP contribution is 2.43. The SMILES string of the molecule is [2H]c1c(Br)c(O)c(Br)c([2H])c1C(C)(C)c1c([2H])c(Br)c(O)c(Br)c1[2H]. The molecule has 0 heterocycles. The summed E-state index contributed by atoms with van der Waals surface area (Å²) in [6.07, 6.45) is 0. The molecule has 0 aromatic heterocycles. The summed E-state index contributed by atoms with van der Waals surface area (Å²) in [6.45, 7) is 3.38. The first-order valence-electron chi connectivity index (χ1n) is 7.70. The van der Waals surface area contributed by atoms with Crippen LogP contribution in [0.4, 0.5) is 0 Å². The van der Waals surface area contributed by atoms with Gasteiger partial charge < -0.3 is 10.2 Å². The third kappa shape index (κ3) is 3.33. The number of benzene rings is 2. The lowest BCUT2D eigenvalue weighted by Crippen LogP contribution is -2.19. The second-order valence-corrected chi connectivity index (χ2v) is 8.00. The Morgan fingerprint density at radius 1 is 0.762 bits per heavy atom. The van der Waals surface area contributed by atoms with Crippen LogP contribution >= 0.6 is 63.7 Å². The first-order valence-corrected chi connectivity index (χ1v) is 8.88. The molecular weight excluding hydrogens is 532 g/mol. The molecule has 0 atom stereocenters. The minimum Gasteiger partial charge on any atom is -0.506 e. The van der Waals surface area contributed by atoms with Gasteiger partial charge in [0.05, 0.1) is 23.4 Å². The van der Waals surface area contributed by atoms with Gasteiger partial charge in [-0.25, -0.2) is 0 Å². The Hall–Kier alpha value is -0.0400. The predicted molar refractivity (Wildman–Crippen MR) is 99.1 cm³/mol. The van der Waals surface area contributed by atoms with Crippen molar-refractivity contribution in [3.8, 4) is 11.5 Å². The van der Waals surface area contributed by atoms with Crippen molar-refractivity contribution >= 4 is 63.7 Å². The minimum atomic E-state index is -1.10. The van der Waals surface area contributed by atoms with Crippen LogP contribution in [0.3, 0.4) is 0 Å². The molecule has 0 amide bonds. The van der Waals surface area contributed by atoms with E-state index in [1.807, 2.05) is 0 Å².